The number of rotatable bonds is 1. The molecule has 7 nitrogen and oxygen atoms in total. The number of carbonyl (C=O) groups is 2. The van der Waals surface area contributed by atoms with E-state index in [0.29, 0.717) is 0 Å². The lowest BCUT2D eigenvalue weighted by Gasteiger charge is -2.40. The van der Waals surface area contributed by atoms with E-state index < -0.39 is 29.3 Å². The SMILES string of the molecule is COC(=O)[C@@]12CO[C@@H](C(C)(C)C)N1C(=O)[C@@H]1C=C(O)O[C@@]12C. The summed E-state index contributed by atoms with van der Waals surface area (Å²) in [4.78, 5) is 27.0. The fourth-order valence-electron chi connectivity index (χ4n) is 3.81. The standard InChI is InChI=1S/C15H21NO6/c1-13(2,3)11-16-10(18)8-6-9(17)22-14(8,4)15(16,7-21-11)12(19)20-5/h6,8,11,17H,7H2,1-5H3/t8-,11-,14-,15+/m0/s1. The number of ether oxygens (including phenoxy) is 3. The van der Waals surface area contributed by atoms with Crippen LogP contribution in [0.3, 0.4) is 0 Å². The Labute approximate surface area is 128 Å². The van der Waals surface area contributed by atoms with Crippen molar-refractivity contribution in [3.8, 4) is 0 Å². The first-order valence-electron chi connectivity index (χ1n) is 7.22. The second kappa shape index (κ2) is 4.16. The molecule has 0 aromatic heterocycles. The Morgan fingerprint density at radius 1 is 1.50 bits per heavy atom. The predicted octanol–water partition coefficient (Wildman–Crippen LogP) is 0.947. The van der Waals surface area contributed by atoms with Crippen molar-refractivity contribution in [3.63, 3.8) is 0 Å². The zero-order chi connectivity index (χ0) is 16.5. The lowest BCUT2D eigenvalue weighted by atomic mass is 9.77. The van der Waals surface area contributed by atoms with Crippen LogP contribution in [0.5, 0.6) is 0 Å². The van der Waals surface area contributed by atoms with E-state index in [4.69, 9.17) is 14.2 Å². The molecule has 3 aliphatic heterocycles. The number of hydrogen-bond acceptors (Lipinski definition) is 6. The highest BCUT2D eigenvalue weighted by Gasteiger charge is 2.78. The van der Waals surface area contributed by atoms with E-state index in [9.17, 15) is 14.7 Å². The molecule has 3 heterocycles. The van der Waals surface area contributed by atoms with Gasteiger partial charge in [-0.05, 0) is 6.92 Å². The maximum absolute atomic E-state index is 12.9. The van der Waals surface area contributed by atoms with Gasteiger partial charge in [0.25, 0.3) is 5.95 Å². The molecular weight excluding hydrogens is 290 g/mol. The summed E-state index contributed by atoms with van der Waals surface area (Å²) < 4.78 is 16.3. The van der Waals surface area contributed by atoms with Gasteiger partial charge in [-0.25, -0.2) is 4.79 Å². The number of esters is 1. The van der Waals surface area contributed by atoms with Crippen molar-refractivity contribution in [3.05, 3.63) is 12.0 Å². The summed E-state index contributed by atoms with van der Waals surface area (Å²) in [6.07, 6.45) is 0.783. The van der Waals surface area contributed by atoms with Crippen LogP contribution in [-0.4, -0.2) is 53.0 Å². The van der Waals surface area contributed by atoms with Crippen LogP contribution in [0.15, 0.2) is 12.0 Å². The number of aliphatic hydroxyl groups is 1. The van der Waals surface area contributed by atoms with Crippen molar-refractivity contribution in [2.75, 3.05) is 13.7 Å². The highest BCUT2D eigenvalue weighted by atomic mass is 16.6. The highest BCUT2D eigenvalue weighted by Crippen LogP contribution is 2.56. The minimum absolute atomic E-state index is 0.0263. The second-order valence-electron chi connectivity index (χ2n) is 7.28. The molecule has 1 N–H and O–H groups in total. The van der Waals surface area contributed by atoms with Gasteiger partial charge < -0.3 is 19.3 Å². The zero-order valence-corrected chi connectivity index (χ0v) is 13.4. The number of hydrogen-bond donors (Lipinski definition) is 1. The summed E-state index contributed by atoms with van der Waals surface area (Å²) in [5, 5.41) is 9.71. The summed E-state index contributed by atoms with van der Waals surface area (Å²) in [6.45, 7) is 7.41. The summed E-state index contributed by atoms with van der Waals surface area (Å²) in [7, 11) is 1.27. The lowest BCUT2D eigenvalue weighted by molar-refractivity contribution is -0.170. The van der Waals surface area contributed by atoms with E-state index >= 15 is 0 Å². The fourth-order valence-corrected chi connectivity index (χ4v) is 3.81. The van der Waals surface area contributed by atoms with Gasteiger partial charge in [0, 0.05) is 11.5 Å². The van der Waals surface area contributed by atoms with Crippen LogP contribution in [0, 0.1) is 11.3 Å². The quantitative estimate of drug-likeness (QED) is 0.726. The van der Waals surface area contributed by atoms with Crippen LogP contribution in [0.4, 0.5) is 0 Å². The van der Waals surface area contributed by atoms with Crippen molar-refractivity contribution in [2.45, 2.75) is 45.1 Å². The predicted molar refractivity (Wildman–Crippen MR) is 74.5 cm³/mol. The maximum Gasteiger partial charge on any atom is 0.338 e. The first-order valence-corrected chi connectivity index (χ1v) is 7.22. The molecule has 7 heteroatoms. The van der Waals surface area contributed by atoms with Gasteiger partial charge in [0.1, 0.15) is 12.1 Å². The van der Waals surface area contributed by atoms with E-state index in [-0.39, 0.29) is 23.9 Å². The molecule has 0 aromatic rings. The summed E-state index contributed by atoms with van der Waals surface area (Å²) >= 11 is 0. The maximum atomic E-state index is 12.9. The molecule has 0 saturated carbocycles. The summed E-state index contributed by atoms with van der Waals surface area (Å²) in [5.74, 6) is -1.97. The van der Waals surface area contributed by atoms with E-state index in [1.165, 1.54) is 18.1 Å². The van der Waals surface area contributed by atoms with Crippen molar-refractivity contribution in [2.24, 2.45) is 11.3 Å². The van der Waals surface area contributed by atoms with Crippen LogP contribution in [0.1, 0.15) is 27.7 Å². The second-order valence-corrected chi connectivity index (χ2v) is 7.28. The molecule has 0 radical (unpaired) electrons. The van der Waals surface area contributed by atoms with Gasteiger partial charge in [-0.15, -0.1) is 0 Å². The van der Waals surface area contributed by atoms with E-state index in [0.717, 1.165) is 0 Å². The molecule has 4 atom stereocenters. The van der Waals surface area contributed by atoms with Crippen LogP contribution >= 0.6 is 0 Å². The third-order valence-electron chi connectivity index (χ3n) is 4.90. The third kappa shape index (κ3) is 1.49. The van der Waals surface area contributed by atoms with Gasteiger partial charge in [-0.3, -0.25) is 9.69 Å². The van der Waals surface area contributed by atoms with E-state index in [2.05, 4.69) is 0 Å². The number of aliphatic hydroxyl groups excluding tert-OH is 1. The molecule has 2 saturated heterocycles. The fraction of sp³-hybridized carbons (Fsp3) is 0.733. The minimum atomic E-state index is -1.40. The summed E-state index contributed by atoms with van der Waals surface area (Å²) in [6, 6.07) is 0. The van der Waals surface area contributed by atoms with Gasteiger partial charge in [-0.2, -0.15) is 0 Å². The number of amides is 1. The van der Waals surface area contributed by atoms with Crippen LogP contribution in [0.25, 0.3) is 0 Å². The molecule has 122 valence electrons. The molecule has 0 aromatic carbocycles. The Bertz CT molecular complexity index is 579. The van der Waals surface area contributed by atoms with Gasteiger partial charge in [0.15, 0.2) is 5.60 Å². The minimum Gasteiger partial charge on any atom is -0.481 e. The molecular formula is C15H21NO6. The molecule has 0 spiro atoms. The molecule has 22 heavy (non-hydrogen) atoms. The molecule has 3 rings (SSSR count). The van der Waals surface area contributed by atoms with Gasteiger partial charge in [0.2, 0.25) is 11.4 Å². The molecule has 0 aliphatic carbocycles. The highest BCUT2D eigenvalue weighted by molar-refractivity contribution is 5.98. The first-order chi connectivity index (χ1) is 10.1. The van der Waals surface area contributed by atoms with Gasteiger partial charge in [0.05, 0.1) is 13.7 Å². The Hall–Kier alpha value is -1.76. The molecule has 0 unspecified atom stereocenters. The zero-order valence-electron chi connectivity index (χ0n) is 13.4. The van der Waals surface area contributed by atoms with Crippen LogP contribution < -0.4 is 0 Å². The van der Waals surface area contributed by atoms with E-state index in [1.807, 2.05) is 20.8 Å². The van der Waals surface area contributed by atoms with Crippen LogP contribution in [-0.2, 0) is 23.8 Å². The lowest BCUT2D eigenvalue weighted by Crippen LogP contribution is -2.64. The molecule has 1 amide bonds. The summed E-state index contributed by atoms with van der Waals surface area (Å²) in [5.41, 5.74) is -3.03. The van der Waals surface area contributed by atoms with Crippen LogP contribution in [0.2, 0.25) is 0 Å². The third-order valence-corrected chi connectivity index (χ3v) is 4.90. The first kappa shape index (κ1) is 15.1. The number of nitrogens with zero attached hydrogens (tertiary/aromatic N) is 1. The Morgan fingerprint density at radius 3 is 2.68 bits per heavy atom. The van der Waals surface area contributed by atoms with Crippen molar-refractivity contribution in [1.29, 1.82) is 0 Å². The number of methoxy groups -OCH3 is 1. The average molecular weight is 311 g/mol. The van der Waals surface area contributed by atoms with E-state index in [1.54, 1.807) is 6.92 Å². The Balaban J connectivity index is 2.18. The molecule has 3 aliphatic rings. The number of fused-ring (bicyclic) bond motifs is 3. The largest absolute Gasteiger partial charge is 0.481 e. The van der Waals surface area contributed by atoms with Crippen molar-refractivity contribution < 1.29 is 28.9 Å². The normalized spacial score (nSPS) is 40.1. The Kier molecular flexibility index (Phi) is 2.86. The number of carbonyl (C=O) groups excluding carboxylic acids is 2. The topological polar surface area (TPSA) is 85.3 Å². The van der Waals surface area contributed by atoms with Gasteiger partial charge >= 0.3 is 5.97 Å². The van der Waals surface area contributed by atoms with Gasteiger partial charge in [-0.1, -0.05) is 20.8 Å². The van der Waals surface area contributed by atoms with Crippen molar-refractivity contribution >= 4 is 11.9 Å². The molecule has 0 bridgehead atoms. The Morgan fingerprint density at radius 2 is 2.14 bits per heavy atom. The smallest absolute Gasteiger partial charge is 0.338 e. The average Bonchev–Trinajstić information content (AvgIpc) is 3.00. The monoisotopic (exact) mass is 311 g/mol. The molecule has 2 fully saturated rings. The van der Waals surface area contributed by atoms with Crippen molar-refractivity contribution in [1.82, 2.24) is 4.90 Å².